The maximum atomic E-state index is 9.84. The fourth-order valence-corrected chi connectivity index (χ4v) is 3.87. The molecule has 1 aliphatic carbocycles. The zero-order chi connectivity index (χ0) is 14.3. The van der Waals surface area contributed by atoms with Crippen molar-refractivity contribution in [3.05, 3.63) is 63.1 Å². The minimum atomic E-state index is -0.779. The van der Waals surface area contributed by atoms with Crippen LogP contribution in [0.2, 0.25) is 10.0 Å². The van der Waals surface area contributed by atoms with Crippen LogP contribution in [0.4, 0.5) is 5.69 Å². The predicted octanol–water partition coefficient (Wildman–Crippen LogP) is 4.33. The Morgan fingerprint density at radius 2 is 1.80 bits per heavy atom. The van der Waals surface area contributed by atoms with Gasteiger partial charge in [0, 0.05) is 21.3 Å². The molecule has 1 unspecified atom stereocenters. The molecule has 4 heteroatoms. The highest BCUT2D eigenvalue weighted by atomic mass is 35.5. The maximum absolute atomic E-state index is 9.84. The Labute approximate surface area is 127 Å². The quantitative estimate of drug-likeness (QED) is 0.797. The summed E-state index contributed by atoms with van der Waals surface area (Å²) in [6.07, 6.45) is 1.53. The molecule has 20 heavy (non-hydrogen) atoms. The van der Waals surface area contributed by atoms with E-state index in [1.54, 1.807) is 12.1 Å². The van der Waals surface area contributed by atoms with Crippen molar-refractivity contribution in [1.82, 2.24) is 0 Å². The Hall–Kier alpha value is -1.69. The Morgan fingerprint density at radius 1 is 1.15 bits per heavy atom. The van der Waals surface area contributed by atoms with Crippen LogP contribution in [0, 0.1) is 11.3 Å². The molecule has 0 aromatic heterocycles. The SMILES string of the molecule is N#CC1(c2c(Cl)cc(N)cc2Cl)CCc2ccccc21. The predicted molar refractivity (Wildman–Crippen MR) is 82.0 cm³/mol. The summed E-state index contributed by atoms with van der Waals surface area (Å²) < 4.78 is 0. The van der Waals surface area contributed by atoms with Crippen molar-refractivity contribution >= 4 is 28.9 Å². The van der Waals surface area contributed by atoms with Crippen molar-refractivity contribution in [2.24, 2.45) is 0 Å². The zero-order valence-corrected chi connectivity index (χ0v) is 12.2. The van der Waals surface area contributed by atoms with Crippen LogP contribution >= 0.6 is 23.2 Å². The van der Waals surface area contributed by atoms with Gasteiger partial charge in [0.25, 0.3) is 0 Å². The molecule has 2 aromatic carbocycles. The van der Waals surface area contributed by atoms with Gasteiger partial charge in [-0.15, -0.1) is 0 Å². The largest absolute Gasteiger partial charge is 0.399 e. The first-order valence-corrected chi connectivity index (χ1v) is 7.09. The van der Waals surface area contributed by atoms with Crippen LogP contribution in [-0.2, 0) is 11.8 Å². The number of nitrogens with zero attached hydrogens (tertiary/aromatic N) is 1. The average molecular weight is 303 g/mol. The van der Waals surface area contributed by atoms with E-state index >= 15 is 0 Å². The molecule has 0 heterocycles. The smallest absolute Gasteiger partial charge is 0.111 e. The van der Waals surface area contributed by atoms with Crippen molar-refractivity contribution in [1.29, 1.82) is 5.26 Å². The highest BCUT2D eigenvalue weighted by molar-refractivity contribution is 6.36. The number of fused-ring (bicyclic) bond motifs is 1. The van der Waals surface area contributed by atoms with E-state index < -0.39 is 5.41 Å². The first kappa shape index (κ1) is 13.3. The van der Waals surface area contributed by atoms with Gasteiger partial charge in [0.1, 0.15) is 5.41 Å². The van der Waals surface area contributed by atoms with Gasteiger partial charge in [-0.25, -0.2) is 0 Å². The van der Waals surface area contributed by atoms with E-state index in [-0.39, 0.29) is 0 Å². The molecule has 2 aromatic rings. The molecule has 0 amide bonds. The normalized spacial score (nSPS) is 20.4. The van der Waals surface area contributed by atoms with Crippen LogP contribution in [0.15, 0.2) is 36.4 Å². The van der Waals surface area contributed by atoms with E-state index in [0.717, 1.165) is 12.0 Å². The van der Waals surface area contributed by atoms with Gasteiger partial charge in [-0.05, 0) is 36.1 Å². The molecule has 2 N–H and O–H groups in total. The molecule has 3 rings (SSSR count). The van der Waals surface area contributed by atoms with Crippen LogP contribution in [-0.4, -0.2) is 0 Å². The van der Waals surface area contributed by atoms with E-state index in [4.69, 9.17) is 28.9 Å². The zero-order valence-electron chi connectivity index (χ0n) is 10.7. The highest BCUT2D eigenvalue weighted by Crippen LogP contribution is 2.48. The minimum Gasteiger partial charge on any atom is -0.399 e. The first-order valence-electron chi connectivity index (χ1n) is 6.33. The molecule has 0 bridgehead atoms. The fourth-order valence-electron chi connectivity index (χ4n) is 3.04. The van der Waals surface area contributed by atoms with Crippen molar-refractivity contribution in [2.45, 2.75) is 18.3 Å². The lowest BCUT2D eigenvalue weighted by molar-refractivity contribution is 0.649. The molecule has 0 spiro atoms. The summed E-state index contributed by atoms with van der Waals surface area (Å²) in [6, 6.07) is 13.7. The standard InChI is InChI=1S/C16H12Cl2N2/c17-13-7-11(20)8-14(18)15(13)16(9-19)6-5-10-3-1-2-4-12(10)16/h1-4,7-8H,5-6,20H2. The van der Waals surface area contributed by atoms with Crippen LogP contribution in [0.1, 0.15) is 23.1 Å². The molecule has 1 aliphatic rings. The second kappa shape index (κ2) is 4.70. The maximum Gasteiger partial charge on any atom is 0.111 e. The number of nitrogens with two attached hydrogens (primary N) is 1. The van der Waals surface area contributed by atoms with E-state index in [1.165, 1.54) is 5.56 Å². The number of aryl methyl sites for hydroxylation is 1. The molecule has 1 atom stereocenters. The third-order valence-electron chi connectivity index (χ3n) is 3.93. The second-order valence-electron chi connectivity index (χ2n) is 5.03. The number of hydrogen-bond acceptors (Lipinski definition) is 2. The van der Waals surface area contributed by atoms with Gasteiger partial charge in [-0.1, -0.05) is 47.5 Å². The fraction of sp³-hybridized carbons (Fsp3) is 0.188. The molecule has 0 radical (unpaired) electrons. The lowest BCUT2D eigenvalue weighted by Crippen LogP contribution is -2.23. The summed E-state index contributed by atoms with van der Waals surface area (Å²) in [5, 5.41) is 10.7. The van der Waals surface area contributed by atoms with Crippen molar-refractivity contribution in [2.75, 3.05) is 5.73 Å². The third-order valence-corrected chi connectivity index (χ3v) is 4.52. The van der Waals surface area contributed by atoms with Crippen LogP contribution < -0.4 is 5.73 Å². The van der Waals surface area contributed by atoms with Gasteiger partial charge < -0.3 is 5.73 Å². The summed E-state index contributed by atoms with van der Waals surface area (Å²) in [4.78, 5) is 0. The molecular formula is C16H12Cl2N2. The number of benzene rings is 2. The Morgan fingerprint density at radius 3 is 2.45 bits per heavy atom. The van der Waals surface area contributed by atoms with E-state index in [9.17, 15) is 5.26 Å². The van der Waals surface area contributed by atoms with Crippen LogP contribution in [0.25, 0.3) is 0 Å². The topological polar surface area (TPSA) is 49.8 Å². The number of anilines is 1. The van der Waals surface area contributed by atoms with E-state index in [2.05, 4.69) is 6.07 Å². The van der Waals surface area contributed by atoms with Crippen molar-refractivity contribution in [3.63, 3.8) is 0 Å². The number of rotatable bonds is 1. The minimum absolute atomic E-state index is 0.452. The molecule has 0 fully saturated rings. The van der Waals surface area contributed by atoms with Gasteiger partial charge in [0.15, 0.2) is 0 Å². The molecule has 0 aliphatic heterocycles. The monoisotopic (exact) mass is 302 g/mol. The lowest BCUT2D eigenvalue weighted by atomic mass is 9.76. The molecule has 0 saturated heterocycles. The number of nitrogen functional groups attached to an aromatic ring is 1. The lowest BCUT2D eigenvalue weighted by Gasteiger charge is -2.25. The Bertz CT molecular complexity index is 710. The summed E-state index contributed by atoms with van der Waals surface area (Å²) in [5.41, 5.74) is 8.32. The first-order chi connectivity index (χ1) is 9.58. The molecule has 0 saturated carbocycles. The number of halogens is 2. The summed E-state index contributed by atoms with van der Waals surface area (Å²) >= 11 is 12.7. The Kier molecular flexibility index (Phi) is 3.12. The summed E-state index contributed by atoms with van der Waals surface area (Å²) in [6.45, 7) is 0. The molecule has 100 valence electrons. The van der Waals surface area contributed by atoms with Crippen molar-refractivity contribution in [3.8, 4) is 6.07 Å². The average Bonchev–Trinajstić information content (AvgIpc) is 2.78. The van der Waals surface area contributed by atoms with Gasteiger partial charge >= 0.3 is 0 Å². The number of hydrogen-bond donors (Lipinski definition) is 1. The van der Waals surface area contributed by atoms with Crippen LogP contribution in [0.5, 0.6) is 0 Å². The molecular weight excluding hydrogens is 291 g/mol. The molecule has 2 nitrogen and oxygen atoms in total. The number of nitriles is 1. The van der Waals surface area contributed by atoms with Gasteiger partial charge in [0.2, 0.25) is 0 Å². The Balaban J connectivity index is 2.31. The van der Waals surface area contributed by atoms with Crippen molar-refractivity contribution < 1.29 is 0 Å². The van der Waals surface area contributed by atoms with Crippen LogP contribution in [0.3, 0.4) is 0 Å². The van der Waals surface area contributed by atoms with Gasteiger partial charge in [0.05, 0.1) is 6.07 Å². The summed E-state index contributed by atoms with van der Waals surface area (Å²) in [7, 11) is 0. The van der Waals surface area contributed by atoms with E-state index in [0.29, 0.717) is 27.7 Å². The van der Waals surface area contributed by atoms with Gasteiger partial charge in [-0.3, -0.25) is 0 Å². The highest BCUT2D eigenvalue weighted by Gasteiger charge is 2.43. The second-order valence-corrected chi connectivity index (χ2v) is 5.85. The summed E-state index contributed by atoms with van der Waals surface area (Å²) in [5.74, 6) is 0. The third kappa shape index (κ3) is 1.78. The van der Waals surface area contributed by atoms with Gasteiger partial charge in [-0.2, -0.15) is 5.26 Å². The van der Waals surface area contributed by atoms with E-state index in [1.807, 2.05) is 24.3 Å².